The van der Waals surface area contributed by atoms with Gasteiger partial charge in [-0.3, -0.25) is 9.52 Å². The number of benzene rings is 2. The highest BCUT2D eigenvalue weighted by Crippen LogP contribution is 2.27. The zero-order valence-corrected chi connectivity index (χ0v) is 19.3. The number of amides is 1. The number of nitrogens with zero attached hydrogens (tertiary/aromatic N) is 2. The van der Waals surface area contributed by atoms with Crippen LogP contribution < -0.4 is 10.0 Å². The molecule has 0 radical (unpaired) electrons. The molecular formula is C24H24N4O4S. The molecule has 4 aromatic rings. The Labute approximate surface area is 192 Å². The maximum Gasteiger partial charge on any atom is 0.255 e. The summed E-state index contributed by atoms with van der Waals surface area (Å²) in [7, 11) is -3.40. The predicted molar refractivity (Wildman–Crippen MR) is 127 cm³/mol. The number of furan rings is 1. The lowest BCUT2D eigenvalue weighted by Crippen LogP contribution is -2.27. The molecule has 1 amide bonds. The summed E-state index contributed by atoms with van der Waals surface area (Å²) in [5.41, 5.74) is 2.80. The van der Waals surface area contributed by atoms with E-state index in [1.54, 1.807) is 35.1 Å². The summed E-state index contributed by atoms with van der Waals surface area (Å²) in [5, 5.41) is 7.58. The Kier molecular flexibility index (Phi) is 6.06. The molecule has 2 heterocycles. The fourth-order valence-corrected chi connectivity index (χ4v) is 4.00. The van der Waals surface area contributed by atoms with Crippen LogP contribution in [0.1, 0.15) is 34.6 Å². The topological polar surface area (TPSA) is 106 Å². The lowest BCUT2D eigenvalue weighted by atomic mass is 10.1. The first-order valence-corrected chi connectivity index (χ1v) is 12.2. The Morgan fingerprint density at radius 3 is 2.48 bits per heavy atom. The summed E-state index contributed by atoms with van der Waals surface area (Å²) in [4.78, 5) is 13.3. The summed E-state index contributed by atoms with van der Waals surface area (Å²) in [6, 6.07) is 19.6. The van der Waals surface area contributed by atoms with Crippen LogP contribution in [-0.4, -0.2) is 30.4 Å². The van der Waals surface area contributed by atoms with Gasteiger partial charge in [0.2, 0.25) is 10.0 Å². The minimum atomic E-state index is -3.40. The Morgan fingerprint density at radius 1 is 1.06 bits per heavy atom. The lowest BCUT2D eigenvalue weighted by molar-refractivity contribution is 0.0940. The standard InChI is InChI=1S/C24H24N4O4S/c1-16-12-13-22(32-16)23-21(15-28(26-23)20-10-5-4-6-11-20)24(29)25-17(2)18-8-7-9-19(14-18)27-33(3,30)31/h4-15,17,27H,1-3H3,(H,25,29). The van der Waals surface area contributed by atoms with Crippen LogP contribution in [0, 0.1) is 6.92 Å². The maximum atomic E-state index is 13.3. The van der Waals surface area contributed by atoms with E-state index in [0.717, 1.165) is 17.5 Å². The number of rotatable bonds is 7. The SMILES string of the molecule is Cc1ccc(-c2nn(-c3ccccc3)cc2C(=O)NC(C)c2cccc(NS(C)(=O)=O)c2)o1. The second-order valence-corrected chi connectivity index (χ2v) is 9.53. The molecule has 0 spiro atoms. The Bertz CT molecular complexity index is 1390. The average molecular weight is 465 g/mol. The third kappa shape index (κ3) is 5.32. The van der Waals surface area contributed by atoms with E-state index in [0.29, 0.717) is 28.5 Å². The van der Waals surface area contributed by atoms with Crippen molar-refractivity contribution in [3.8, 4) is 17.1 Å². The fourth-order valence-electron chi connectivity index (χ4n) is 3.44. The number of carbonyl (C=O) groups is 1. The van der Waals surface area contributed by atoms with Gasteiger partial charge in [0.25, 0.3) is 5.91 Å². The largest absolute Gasteiger partial charge is 0.460 e. The quantitative estimate of drug-likeness (QED) is 0.424. The zero-order valence-electron chi connectivity index (χ0n) is 18.4. The van der Waals surface area contributed by atoms with Crippen molar-refractivity contribution in [2.75, 3.05) is 11.0 Å². The Hall–Kier alpha value is -3.85. The van der Waals surface area contributed by atoms with Crippen LogP contribution in [0.4, 0.5) is 5.69 Å². The first kappa shape index (κ1) is 22.3. The molecule has 0 saturated carbocycles. The summed E-state index contributed by atoms with van der Waals surface area (Å²) < 4.78 is 32.9. The van der Waals surface area contributed by atoms with Crippen molar-refractivity contribution in [3.05, 3.63) is 89.8 Å². The molecule has 0 saturated heterocycles. The van der Waals surface area contributed by atoms with Crippen molar-refractivity contribution >= 4 is 21.6 Å². The van der Waals surface area contributed by atoms with Crippen LogP contribution in [0.3, 0.4) is 0 Å². The number of aryl methyl sites for hydroxylation is 1. The zero-order chi connectivity index (χ0) is 23.6. The molecule has 9 heteroatoms. The summed E-state index contributed by atoms with van der Waals surface area (Å²) in [6.07, 6.45) is 2.76. The number of anilines is 1. The molecular weight excluding hydrogens is 440 g/mol. The predicted octanol–water partition coefficient (Wildman–Crippen LogP) is 4.30. The average Bonchev–Trinajstić information content (AvgIpc) is 3.40. The van der Waals surface area contributed by atoms with E-state index in [1.165, 1.54) is 0 Å². The number of aromatic nitrogens is 2. The van der Waals surface area contributed by atoms with E-state index in [1.807, 2.05) is 56.3 Å². The normalized spacial score (nSPS) is 12.3. The molecule has 8 nitrogen and oxygen atoms in total. The lowest BCUT2D eigenvalue weighted by Gasteiger charge is -2.15. The molecule has 4 rings (SSSR count). The van der Waals surface area contributed by atoms with Gasteiger partial charge in [0.15, 0.2) is 5.76 Å². The highest BCUT2D eigenvalue weighted by molar-refractivity contribution is 7.92. The molecule has 2 aromatic carbocycles. The van der Waals surface area contributed by atoms with Gasteiger partial charge < -0.3 is 9.73 Å². The minimum absolute atomic E-state index is 0.324. The van der Waals surface area contributed by atoms with Crippen LogP contribution in [-0.2, 0) is 10.0 Å². The molecule has 33 heavy (non-hydrogen) atoms. The van der Waals surface area contributed by atoms with Gasteiger partial charge in [-0.1, -0.05) is 30.3 Å². The Morgan fingerprint density at radius 2 is 1.82 bits per heavy atom. The van der Waals surface area contributed by atoms with Gasteiger partial charge in [-0.2, -0.15) is 5.10 Å². The third-order valence-electron chi connectivity index (χ3n) is 4.99. The minimum Gasteiger partial charge on any atom is -0.460 e. The van der Waals surface area contributed by atoms with Crippen LogP contribution >= 0.6 is 0 Å². The van der Waals surface area contributed by atoms with E-state index >= 15 is 0 Å². The van der Waals surface area contributed by atoms with Gasteiger partial charge in [0.05, 0.1) is 23.5 Å². The highest BCUT2D eigenvalue weighted by atomic mass is 32.2. The third-order valence-corrected chi connectivity index (χ3v) is 5.60. The maximum absolute atomic E-state index is 13.3. The summed E-state index contributed by atoms with van der Waals surface area (Å²) >= 11 is 0. The molecule has 0 aliphatic rings. The Balaban J connectivity index is 1.64. The summed E-state index contributed by atoms with van der Waals surface area (Å²) in [5.74, 6) is 0.892. The van der Waals surface area contributed by atoms with Crippen molar-refractivity contribution < 1.29 is 17.6 Å². The molecule has 0 aliphatic heterocycles. The molecule has 0 fully saturated rings. The van der Waals surface area contributed by atoms with Gasteiger partial charge >= 0.3 is 0 Å². The van der Waals surface area contributed by atoms with E-state index in [-0.39, 0.29) is 11.9 Å². The van der Waals surface area contributed by atoms with Crippen molar-refractivity contribution in [2.24, 2.45) is 0 Å². The number of hydrogen-bond donors (Lipinski definition) is 2. The van der Waals surface area contributed by atoms with Crippen LogP contribution in [0.2, 0.25) is 0 Å². The smallest absolute Gasteiger partial charge is 0.255 e. The summed E-state index contributed by atoms with van der Waals surface area (Å²) in [6.45, 7) is 3.66. The van der Waals surface area contributed by atoms with Crippen molar-refractivity contribution in [1.82, 2.24) is 15.1 Å². The van der Waals surface area contributed by atoms with Crippen molar-refractivity contribution in [3.63, 3.8) is 0 Å². The van der Waals surface area contributed by atoms with Crippen LogP contribution in [0.15, 0.2) is 77.3 Å². The second kappa shape index (κ2) is 8.95. The number of carbonyl (C=O) groups excluding carboxylic acids is 1. The van der Waals surface area contributed by atoms with Gasteiger partial charge in [0.1, 0.15) is 11.5 Å². The molecule has 2 N–H and O–H groups in total. The van der Waals surface area contributed by atoms with Crippen LogP contribution in [0.5, 0.6) is 0 Å². The number of sulfonamides is 1. The number of para-hydroxylation sites is 1. The second-order valence-electron chi connectivity index (χ2n) is 7.78. The van der Waals surface area contributed by atoms with Gasteiger partial charge in [0, 0.05) is 11.9 Å². The van der Waals surface area contributed by atoms with Gasteiger partial charge in [-0.15, -0.1) is 0 Å². The van der Waals surface area contributed by atoms with E-state index < -0.39 is 10.0 Å². The van der Waals surface area contributed by atoms with Gasteiger partial charge in [-0.25, -0.2) is 13.1 Å². The molecule has 2 aromatic heterocycles. The first-order valence-electron chi connectivity index (χ1n) is 10.3. The van der Waals surface area contributed by atoms with E-state index in [9.17, 15) is 13.2 Å². The molecule has 0 bridgehead atoms. The molecule has 1 unspecified atom stereocenters. The van der Waals surface area contributed by atoms with Crippen molar-refractivity contribution in [1.29, 1.82) is 0 Å². The first-order chi connectivity index (χ1) is 15.7. The molecule has 1 atom stereocenters. The van der Waals surface area contributed by atoms with E-state index in [4.69, 9.17) is 4.42 Å². The van der Waals surface area contributed by atoms with Crippen molar-refractivity contribution in [2.45, 2.75) is 19.9 Å². The highest BCUT2D eigenvalue weighted by Gasteiger charge is 2.22. The fraction of sp³-hybridized carbons (Fsp3) is 0.167. The van der Waals surface area contributed by atoms with Gasteiger partial charge in [-0.05, 0) is 55.8 Å². The molecule has 170 valence electrons. The number of hydrogen-bond acceptors (Lipinski definition) is 5. The van der Waals surface area contributed by atoms with E-state index in [2.05, 4.69) is 15.1 Å². The number of nitrogens with one attached hydrogen (secondary N) is 2. The van der Waals surface area contributed by atoms with Crippen LogP contribution in [0.25, 0.3) is 17.1 Å². The monoisotopic (exact) mass is 464 g/mol. The molecule has 0 aliphatic carbocycles.